The van der Waals surface area contributed by atoms with Gasteiger partial charge in [-0.05, 0) is 31.5 Å². The Hall–Kier alpha value is -2.24. The Morgan fingerprint density at radius 2 is 2.10 bits per heavy atom. The number of carbonyl (C=O) groups excluding carboxylic acids is 1. The van der Waals surface area contributed by atoms with Crippen LogP contribution >= 0.6 is 0 Å². The number of carboxylic acids is 1. The Morgan fingerprint density at radius 1 is 1.38 bits per heavy atom. The van der Waals surface area contributed by atoms with Crippen molar-refractivity contribution < 1.29 is 24.2 Å². The summed E-state index contributed by atoms with van der Waals surface area (Å²) in [5.74, 6) is -0.897. The molecule has 1 heterocycles. The van der Waals surface area contributed by atoms with Gasteiger partial charge in [0, 0.05) is 6.42 Å². The summed E-state index contributed by atoms with van der Waals surface area (Å²) in [5, 5.41) is 11.9. The smallest absolute Gasteiger partial charge is 0.309 e. The van der Waals surface area contributed by atoms with E-state index in [0.717, 1.165) is 0 Å². The van der Waals surface area contributed by atoms with Crippen LogP contribution in [0.5, 0.6) is 11.5 Å². The Morgan fingerprint density at radius 3 is 2.67 bits per heavy atom. The molecule has 1 aliphatic rings. The summed E-state index contributed by atoms with van der Waals surface area (Å²) in [7, 11) is 1.52. The van der Waals surface area contributed by atoms with Crippen molar-refractivity contribution in [2.75, 3.05) is 7.11 Å². The molecule has 1 aromatic rings. The second-order valence-electron chi connectivity index (χ2n) is 5.27. The van der Waals surface area contributed by atoms with E-state index in [1.54, 1.807) is 18.2 Å². The molecule has 0 aliphatic carbocycles. The standard InChI is InChI=1S/C15H19NO5/c1-8(2)21-11-5-4-9(6-12(11)20-3)14-10(15(18)19)7-13(17)16-14/h4-6,8,10,14H,7H2,1-3H3,(H,16,17)(H,18,19)/t10-,14+/m0/s1. The Balaban J connectivity index is 2.31. The highest BCUT2D eigenvalue weighted by Crippen LogP contribution is 2.36. The zero-order chi connectivity index (χ0) is 15.6. The second kappa shape index (κ2) is 6.03. The van der Waals surface area contributed by atoms with Crippen LogP contribution in [0.25, 0.3) is 0 Å². The first kappa shape index (κ1) is 15.2. The highest BCUT2D eigenvalue weighted by Gasteiger charge is 2.38. The predicted molar refractivity (Wildman–Crippen MR) is 75.4 cm³/mol. The van der Waals surface area contributed by atoms with E-state index in [1.165, 1.54) is 7.11 Å². The summed E-state index contributed by atoms with van der Waals surface area (Å²) in [6.07, 6.45) is -0.00488. The van der Waals surface area contributed by atoms with Gasteiger partial charge in [0.1, 0.15) is 0 Å². The van der Waals surface area contributed by atoms with Crippen LogP contribution in [0.3, 0.4) is 0 Å². The van der Waals surface area contributed by atoms with Crippen molar-refractivity contribution in [3.63, 3.8) is 0 Å². The molecule has 0 radical (unpaired) electrons. The van der Waals surface area contributed by atoms with Crippen molar-refractivity contribution in [3.05, 3.63) is 23.8 Å². The summed E-state index contributed by atoms with van der Waals surface area (Å²) in [5.41, 5.74) is 0.696. The number of rotatable bonds is 5. The number of hydrogen-bond acceptors (Lipinski definition) is 4. The fourth-order valence-corrected chi connectivity index (χ4v) is 2.42. The predicted octanol–water partition coefficient (Wildman–Crippen LogP) is 1.74. The molecular weight excluding hydrogens is 274 g/mol. The molecule has 2 N–H and O–H groups in total. The van der Waals surface area contributed by atoms with Gasteiger partial charge in [-0.15, -0.1) is 0 Å². The minimum absolute atomic E-state index is 0.00250. The lowest BCUT2D eigenvalue weighted by Gasteiger charge is -2.19. The van der Waals surface area contributed by atoms with E-state index >= 15 is 0 Å². The van der Waals surface area contributed by atoms with Crippen molar-refractivity contribution in [1.29, 1.82) is 0 Å². The number of benzene rings is 1. The molecule has 1 fully saturated rings. The molecule has 0 saturated carbocycles. The monoisotopic (exact) mass is 293 g/mol. The van der Waals surface area contributed by atoms with Crippen molar-refractivity contribution >= 4 is 11.9 Å². The number of methoxy groups -OCH3 is 1. The lowest BCUT2D eigenvalue weighted by molar-refractivity contribution is -0.142. The number of nitrogens with one attached hydrogen (secondary N) is 1. The van der Waals surface area contributed by atoms with Crippen LogP contribution in [0.1, 0.15) is 31.9 Å². The van der Waals surface area contributed by atoms with Gasteiger partial charge in [0.2, 0.25) is 5.91 Å². The van der Waals surface area contributed by atoms with Crippen LogP contribution in [-0.4, -0.2) is 30.2 Å². The summed E-state index contributed by atoms with van der Waals surface area (Å²) in [4.78, 5) is 22.7. The van der Waals surface area contributed by atoms with Crippen molar-refractivity contribution in [2.45, 2.75) is 32.4 Å². The van der Waals surface area contributed by atoms with E-state index in [4.69, 9.17) is 9.47 Å². The van der Waals surface area contributed by atoms with Crippen LogP contribution in [0, 0.1) is 5.92 Å². The van der Waals surface area contributed by atoms with Gasteiger partial charge in [-0.2, -0.15) is 0 Å². The first-order chi connectivity index (χ1) is 9.92. The highest BCUT2D eigenvalue weighted by molar-refractivity contribution is 5.87. The quantitative estimate of drug-likeness (QED) is 0.864. The molecule has 0 unspecified atom stereocenters. The Bertz CT molecular complexity index is 555. The highest BCUT2D eigenvalue weighted by atomic mass is 16.5. The molecule has 0 aromatic heterocycles. The molecule has 1 amide bonds. The molecule has 1 aliphatic heterocycles. The van der Waals surface area contributed by atoms with Gasteiger partial charge in [0.05, 0.1) is 25.2 Å². The molecule has 2 atom stereocenters. The third kappa shape index (κ3) is 3.26. The fraction of sp³-hybridized carbons (Fsp3) is 0.467. The normalized spacial score (nSPS) is 21.2. The van der Waals surface area contributed by atoms with Gasteiger partial charge in [-0.3, -0.25) is 9.59 Å². The van der Waals surface area contributed by atoms with E-state index in [9.17, 15) is 14.7 Å². The van der Waals surface area contributed by atoms with E-state index in [1.807, 2.05) is 13.8 Å². The molecule has 6 heteroatoms. The third-order valence-electron chi connectivity index (χ3n) is 3.35. The van der Waals surface area contributed by atoms with Gasteiger partial charge < -0.3 is 19.9 Å². The van der Waals surface area contributed by atoms with Crippen LogP contribution in [0.2, 0.25) is 0 Å². The molecule has 2 rings (SSSR count). The maximum atomic E-state index is 11.5. The third-order valence-corrected chi connectivity index (χ3v) is 3.35. The largest absolute Gasteiger partial charge is 0.493 e. The molecule has 0 spiro atoms. The van der Waals surface area contributed by atoms with Crippen LogP contribution in [0.15, 0.2) is 18.2 Å². The SMILES string of the molecule is COc1cc([C@H]2NC(=O)C[C@@H]2C(=O)O)ccc1OC(C)C. The molecule has 6 nitrogen and oxygen atoms in total. The second-order valence-corrected chi connectivity index (χ2v) is 5.27. The van der Waals surface area contributed by atoms with Crippen LogP contribution in [-0.2, 0) is 9.59 Å². The molecular formula is C15H19NO5. The van der Waals surface area contributed by atoms with Crippen molar-refractivity contribution in [3.8, 4) is 11.5 Å². The first-order valence-electron chi connectivity index (χ1n) is 6.79. The van der Waals surface area contributed by atoms with Crippen molar-refractivity contribution in [2.24, 2.45) is 5.92 Å². The van der Waals surface area contributed by atoms with E-state index < -0.39 is 17.9 Å². The summed E-state index contributed by atoms with van der Waals surface area (Å²) in [6, 6.07) is 4.66. The summed E-state index contributed by atoms with van der Waals surface area (Å²) < 4.78 is 10.9. The van der Waals surface area contributed by atoms with Gasteiger partial charge >= 0.3 is 5.97 Å². The number of aliphatic carboxylic acids is 1. The Kier molecular flexibility index (Phi) is 4.35. The number of ether oxygens (including phenoxy) is 2. The van der Waals surface area contributed by atoms with Gasteiger partial charge in [0.15, 0.2) is 11.5 Å². The fourth-order valence-electron chi connectivity index (χ4n) is 2.42. The van der Waals surface area contributed by atoms with Crippen molar-refractivity contribution in [1.82, 2.24) is 5.32 Å². The molecule has 1 saturated heterocycles. The minimum atomic E-state index is -0.986. The minimum Gasteiger partial charge on any atom is -0.493 e. The number of amides is 1. The van der Waals surface area contributed by atoms with Gasteiger partial charge in [0.25, 0.3) is 0 Å². The number of hydrogen-bond donors (Lipinski definition) is 2. The van der Waals surface area contributed by atoms with E-state index in [2.05, 4.69) is 5.32 Å². The lowest BCUT2D eigenvalue weighted by atomic mass is 9.94. The maximum Gasteiger partial charge on any atom is 0.309 e. The number of carbonyl (C=O) groups is 2. The maximum absolute atomic E-state index is 11.5. The number of carboxylic acid groups (broad SMARTS) is 1. The zero-order valence-electron chi connectivity index (χ0n) is 12.3. The van der Waals surface area contributed by atoms with Crippen LogP contribution in [0.4, 0.5) is 0 Å². The zero-order valence-corrected chi connectivity index (χ0v) is 12.3. The topological polar surface area (TPSA) is 84.9 Å². The first-order valence-corrected chi connectivity index (χ1v) is 6.79. The van der Waals surface area contributed by atoms with Gasteiger partial charge in [-0.1, -0.05) is 6.07 Å². The van der Waals surface area contributed by atoms with Crippen LogP contribution < -0.4 is 14.8 Å². The van der Waals surface area contributed by atoms with E-state index in [0.29, 0.717) is 17.1 Å². The molecule has 1 aromatic carbocycles. The lowest BCUT2D eigenvalue weighted by Crippen LogP contribution is -2.24. The summed E-state index contributed by atoms with van der Waals surface area (Å²) in [6.45, 7) is 3.82. The molecule has 0 bridgehead atoms. The molecule has 21 heavy (non-hydrogen) atoms. The van der Waals surface area contributed by atoms with E-state index in [-0.39, 0.29) is 18.4 Å². The average molecular weight is 293 g/mol. The van der Waals surface area contributed by atoms with Gasteiger partial charge in [-0.25, -0.2) is 0 Å². The average Bonchev–Trinajstić information content (AvgIpc) is 2.81. The summed E-state index contributed by atoms with van der Waals surface area (Å²) >= 11 is 0. The Labute approximate surface area is 123 Å². The molecule has 114 valence electrons.